The van der Waals surface area contributed by atoms with Crippen molar-refractivity contribution in [3.63, 3.8) is 0 Å². The van der Waals surface area contributed by atoms with Crippen molar-refractivity contribution in [1.82, 2.24) is 5.32 Å². The number of aryl methyl sites for hydroxylation is 1. The minimum Gasteiger partial charge on any atom is -0.380 e. The van der Waals surface area contributed by atoms with Crippen LogP contribution in [0.15, 0.2) is 24.3 Å². The predicted molar refractivity (Wildman–Crippen MR) is 69.2 cm³/mol. The lowest BCUT2D eigenvalue weighted by Gasteiger charge is -2.08. The van der Waals surface area contributed by atoms with E-state index in [4.69, 9.17) is 4.74 Å². The summed E-state index contributed by atoms with van der Waals surface area (Å²) in [5, 5.41) is 5.88. The first kappa shape index (κ1) is 13.7. The quantitative estimate of drug-likeness (QED) is 0.706. The van der Waals surface area contributed by atoms with Crippen LogP contribution in [0.1, 0.15) is 12.5 Å². The van der Waals surface area contributed by atoms with Crippen molar-refractivity contribution in [2.75, 3.05) is 31.6 Å². The highest BCUT2D eigenvalue weighted by Crippen LogP contribution is 2.12. The molecule has 4 heteroatoms. The van der Waals surface area contributed by atoms with E-state index in [1.54, 1.807) is 0 Å². The molecule has 0 saturated carbocycles. The van der Waals surface area contributed by atoms with Gasteiger partial charge in [-0.05, 0) is 25.5 Å². The number of nitrogens with one attached hydrogen (secondary N) is 2. The Morgan fingerprint density at radius 1 is 1.35 bits per heavy atom. The van der Waals surface area contributed by atoms with E-state index < -0.39 is 0 Å². The number of carbonyl (C=O) groups excluding carboxylic acids is 1. The van der Waals surface area contributed by atoms with Crippen molar-refractivity contribution in [2.45, 2.75) is 13.8 Å². The molecule has 0 unspecified atom stereocenters. The molecule has 1 rings (SSSR count). The summed E-state index contributed by atoms with van der Waals surface area (Å²) >= 11 is 0. The molecule has 0 aromatic heterocycles. The standard InChI is InChI=1S/C13H20N2O2/c1-3-17-9-8-14-10-13(16)15-12-7-5-4-6-11(12)2/h4-7,14H,3,8-10H2,1-2H3,(H,15,16). The molecule has 0 radical (unpaired) electrons. The molecule has 0 atom stereocenters. The molecule has 0 spiro atoms. The van der Waals surface area contributed by atoms with E-state index in [-0.39, 0.29) is 5.91 Å². The van der Waals surface area contributed by atoms with Gasteiger partial charge >= 0.3 is 0 Å². The fourth-order valence-electron chi connectivity index (χ4n) is 1.40. The molecule has 0 aliphatic rings. The number of carbonyl (C=O) groups is 1. The van der Waals surface area contributed by atoms with Gasteiger partial charge < -0.3 is 15.4 Å². The van der Waals surface area contributed by atoms with Crippen molar-refractivity contribution in [2.24, 2.45) is 0 Å². The van der Waals surface area contributed by atoms with Gasteiger partial charge in [0.1, 0.15) is 0 Å². The summed E-state index contributed by atoms with van der Waals surface area (Å²) in [5.41, 5.74) is 1.93. The van der Waals surface area contributed by atoms with Crippen LogP contribution in [0.4, 0.5) is 5.69 Å². The normalized spacial score (nSPS) is 10.2. The first-order valence-corrected chi connectivity index (χ1v) is 5.88. The lowest BCUT2D eigenvalue weighted by atomic mass is 10.2. The van der Waals surface area contributed by atoms with E-state index in [1.165, 1.54) is 0 Å². The van der Waals surface area contributed by atoms with Gasteiger partial charge in [0.15, 0.2) is 0 Å². The molecule has 4 nitrogen and oxygen atoms in total. The molecule has 0 bridgehead atoms. The zero-order valence-electron chi connectivity index (χ0n) is 10.5. The van der Waals surface area contributed by atoms with E-state index in [1.807, 2.05) is 38.1 Å². The van der Waals surface area contributed by atoms with Gasteiger partial charge in [0, 0.05) is 18.8 Å². The highest BCUT2D eigenvalue weighted by molar-refractivity contribution is 5.92. The van der Waals surface area contributed by atoms with Crippen molar-refractivity contribution < 1.29 is 9.53 Å². The van der Waals surface area contributed by atoms with Crippen molar-refractivity contribution in [3.05, 3.63) is 29.8 Å². The lowest BCUT2D eigenvalue weighted by molar-refractivity contribution is -0.115. The Balaban J connectivity index is 2.23. The first-order chi connectivity index (χ1) is 8.24. The fraction of sp³-hybridized carbons (Fsp3) is 0.462. The Bertz CT molecular complexity index is 353. The van der Waals surface area contributed by atoms with Crippen LogP contribution in [0, 0.1) is 6.92 Å². The van der Waals surface area contributed by atoms with Gasteiger partial charge in [0.25, 0.3) is 0 Å². The van der Waals surface area contributed by atoms with Gasteiger partial charge in [0.05, 0.1) is 13.2 Å². The summed E-state index contributed by atoms with van der Waals surface area (Å²) < 4.78 is 5.16. The second-order valence-electron chi connectivity index (χ2n) is 3.74. The molecule has 17 heavy (non-hydrogen) atoms. The molecule has 0 fully saturated rings. The first-order valence-electron chi connectivity index (χ1n) is 5.88. The van der Waals surface area contributed by atoms with Gasteiger partial charge in [0.2, 0.25) is 5.91 Å². The maximum Gasteiger partial charge on any atom is 0.238 e. The highest BCUT2D eigenvalue weighted by atomic mass is 16.5. The molecule has 0 aliphatic carbocycles. The van der Waals surface area contributed by atoms with Gasteiger partial charge in [-0.1, -0.05) is 18.2 Å². The number of amides is 1. The second kappa shape index (κ2) is 7.81. The van der Waals surface area contributed by atoms with Crippen LogP contribution in [-0.4, -0.2) is 32.2 Å². The summed E-state index contributed by atoms with van der Waals surface area (Å²) in [6.07, 6.45) is 0. The Labute approximate surface area is 102 Å². The van der Waals surface area contributed by atoms with Gasteiger partial charge in [-0.3, -0.25) is 4.79 Å². The lowest BCUT2D eigenvalue weighted by Crippen LogP contribution is -2.30. The van der Waals surface area contributed by atoms with E-state index >= 15 is 0 Å². The number of benzene rings is 1. The Morgan fingerprint density at radius 3 is 2.82 bits per heavy atom. The van der Waals surface area contributed by atoms with Crippen LogP contribution in [0.2, 0.25) is 0 Å². The van der Waals surface area contributed by atoms with Crippen LogP contribution >= 0.6 is 0 Å². The topological polar surface area (TPSA) is 50.4 Å². The summed E-state index contributed by atoms with van der Waals surface area (Å²) in [7, 11) is 0. The molecular formula is C13H20N2O2. The van der Waals surface area contributed by atoms with E-state index in [0.717, 1.165) is 11.3 Å². The fourth-order valence-corrected chi connectivity index (χ4v) is 1.40. The number of hydrogen-bond acceptors (Lipinski definition) is 3. The molecule has 1 aromatic carbocycles. The molecular weight excluding hydrogens is 216 g/mol. The van der Waals surface area contributed by atoms with E-state index in [0.29, 0.717) is 26.3 Å². The molecule has 2 N–H and O–H groups in total. The molecule has 0 heterocycles. The van der Waals surface area contributed by atoms with E-state index in [2.05, 4.69) is 10.6 Å². The zero-order valence-corrected chi connectivity index (χ0v) is 10.5. The Morgan fingerprint density at radius 2 is 2.12 bits per heavy atom. The van der Waals surface area contributed by atoms with Crippen molar-refractivity contribution in [1.29, 1.82) is 0 Å². The molecule has 94 valence electrons. The van der Waals surface area contributed by atoms with Gasteiger partial charge in [-0.15, -0.1) is 0 Å². The minimum atomic E-state index is -0.0317. The zero-order chi connectivity index (χ0) is 12.5. The Kier molecular flexibility index (Phi) is 6.29. The number of hydrogen-bond donors (Lipinski definition) is 2. The molecule has 0 saturated heterocycles. The summed E-state index contributed by atoms with van der Waals surface area (Å²) in [5.74, 6) is -0.0317. The van der Waals surface area contributed by atoms with Crippen molar-refractivity contribution in [3.8, 4) is 0 Å². The predicted octanol–water partition coefficient (Wildman–Crippen LogP) is 1.56. The second-order valence-corrected chi connectivity index (χ2v) is 3.74. The highest BCUT2D eigenvalue weighted by Gasteiger charge is 2.02. The molecule has 0 aliphatic heterocycles. The largest absolute Gasteiger partial charge is 0.380 e. The Hall–Kier alpha value is -1.39. The number of ether oxygens (including phenoxy) is 1. The maximum absolute atomic E-state index is 11.6. The van der Waals surface area contributed by atoms with Crippen LogP contribution in [0.3, 0.4) is 0 Å². The number of para-hydroxylation sites is 1. The van der Waals surface area contributed by atoms with Crippen LogP contribution in [0.25, 0.3) is 0 Å². The third-order valence-electron chi connectivity index (χ3n) is 2.33. The number of rotatable bonds is 7. The smallest absolute Gasteiger partial charge is 0.238 e. The van der Waals surface area contributed by atoms with Crippen LogP contribution in [-0.2, 0) is 9.53 Å². The minimum absolute atomic E-state index is 0.0317. The average Bonchev–Trinajstić information content (AvgIpc) is 2.32. The monoisotopic (exact) mass is 236 g/mol. The van der Waals surface area contributed by atoms with Crippen LogP contribution in [0.5, 0.6) is 0 Å². The van der Waals surface area contributed by atoms with Crippen LogP contribution < -0.4 is 10.6 Å². The van der Waals surface area contributed by atoms with Gasteiger partial charge in [-0.2, -0.15) is 0 Å². The average molecular weight is 236 g/mol. The third kappa shape index (κ3) is 5.47. The third-order valence-corrected chi connectivity index (χ3v) is 2.33. The number of anilines is 1. The molecule has 1 amide bonds. The SMILES string of the molecule is CCOCCNCC(=O)Nc1ccccc1C. The van der Waals surface area contributed by atoms with Gasteiger partial charge in [-0.25, -0.2) is 0 Å². The summed E-state index contributed by atoms with van der Waals surface area (Å²) in [4.78, 5) is 11.6. The summed E-state index contributed by atoms with van der Waals surface area (Å²) in [6.45, 7) is 6.25. The molecule has 1 aromatic rings. The maximum atomic E-state index is 11.6. The van der Waals surface area contributed by atoms with Crippen molar-refractivity contribution >= 4 is 11.6 Å². The van der Waals surface area contributed by atoms with E-state index in [9.17, 15) is 4.79 Å². The summed E-state index contributed by atoms with van der Waals surface area (Å²) in [6, 6.07) is 7.72.